The summed E-state index contributed by atoms with van der Waals surface area (Å²) in [4.78, 5) is 9.72. The Morgan fingerprint density at radius 3 is 2.58 bits per heavy atom. The summed E-state index contributed by atoms with van der Waals surface area (Å²) in [6, 6.07) is 8.79. The van der Waals surface area contributed by atoms with Crippen molar-refractivity contribution < 1.29 is 4.74 Å². The van der Waals surface area contributed by atoms with Gasteiger partial charge in [-0.2, -0.15) is 0 Å². The van der Waals surface area contributed by atoms with Crippen LogP contribution in [-0.4, -0.2) is 77.0 Å². The van der Waals surface area contributed by atoms with Crippen LogP contribution in [0.2, 0.25) is 0 Å². The second-order valence-electron chi connectivity index (χ2n) is 7.89. The summed E-state index contributed by atoms with van der Waals surface area (Å²) in [7, 11) is 3.72. The van der Waals surface area contributed by atoms with E-state index in [0.29, 0.717) is 6.54 Å². The molecule has 2 heterocycles. The maximum atomic E-state index is 5.17. The standard InChI is InChI=1S/C22H35N7O.HI/c1-18-7-5-8-20(15-18)17-28-10-12-29(13-11-28)22(23-9-6-14-30-4)24-16-21-26-25-19(2)27(21)3;/h5,7-8,15H,6,9-14,16-17H2,1-4H3,(H,23,24);1H. The molecule has 0 saturated carbocycles. The number of methoxy groups -OCH3 is 1. The predicted molar refractivity (Wildman–Crippen MR) is 135 cm³/mol. The first-order chi connectivity index (χ1) is 14.6. The second-order valence-corrected chi connectivity index (χ2v) is 7.89. The Morgan fingerprint density at radius 1 is 1.16 bits per heavy atom. The lowest BCUT2D eigenvalue weighted by atomic mass is 10.1. The molecule has 1 N–H and O–H groups in total. The highest BCUT2D eigenvalue weighted by molar-refractivity contribution is 14.0. The number of piperazine rings is 1. The fourth-order valence-corrected chi connectivity index (χ4v) is 3.61. The SMILES string of the molecule is COCCCNC(=NCc1nnc(C)n1C)N1CCN(Cc2cccc(C)c2)CC1.I. The number of ether oxygens (including phenoxy) is 1. The molecule has 0 unspecified atom stereocenters. The summed E-state index contributed by atoms with van der Waals surface area (Å²) in [5, 5.41) is 11.9. The molecule has 8 nitrogen and oxygen atoms in total. The molecule has 1 aromatic heterocycles. The molecule has 0 atom stereocenters. The van der Waals surface area contributed by atoms with E-state index in [0.717, 1.165) is 69.9 Å². The number of rotatable bonds is 8. The minimum Gasteiger partial charge on any atom is -0.385 e. The van der Waals surface area contributed by atoms with Gasteiger partial charge < -0.3 is 19.5 Å². The number of nitrogens with one attached hydrogen (secondary N) is 1. The number of guanidine groups is 1. The number of nitrogens with zero attached hydrogens (tertiary/aromatic N) is 6. The molecule has 0 bridgehead atoms. The molecule has 2 aromatic rings. The molecule has 3 rings (SSSR count). The van der Waals surface area contributed by atoms with Gasteiger partial charge in [0.25, 0.3) is 0 Å². The first kappa shape index (κ1) is 25.5. The van der Waals surface area contributed by atoms with Gasteiger partial charge in [0.05, 0.1) is 0 Å². The summed E-state index contributed by atoms with van der Waals surface area (Å²) >= 11 is 0. The van der Waals surface area contributed by atoms with Gasteiger partial charge in [-0.3, -0.25) is 4.90 Å². The summed E-state index contributed by atoms with van der Waals surface area (Å²) in [5.41, 5.74) is 2.70. The van der Waals surface area contributed by atoms with Gasteiger partial charge in [-0.25, -0.2) is 4.99 Å². The van der Waals surface area contributed by atoms with Crippen LogP contribution >= 0.6 is 24.0 Å². The number of aryl methyl sites for hydroxylation is 2. The van der Waals surface area contributed by atoms with Gasteiger partial charge in [0.2, 0.25) is 0 Å². The smallest absolute Gasteiger partial charge is 0.194 e. The zero-order valence-electron chi connectivity index (χ0n) is 19.2. The van der Waals surface area contributed by atoms with E-state index in [1.807, 2.05) is 18.5 Å². The maximum absolute atomic E-state index is 5.17. The molecule has 9 heteroatoms. The van der Waals surface area contributed by atoms with Gasteiger partial charge in [0, 0.05) is 60.0 Å². The quantitative estimate of drug-likeness (QED) is 0.240. The molecular weight excluding hydrogens is 505 g/mol. The molecule has 31 heavy (non-hydrogen) atoms. The first-order valence-corrected chi connectivity index (χ1v) is 10.7. The van der Waals surface area contributed by atoms with Crippen LogP contribution in [0.4, 0.5) is 0 Å². The van der Waals surface area contributed by atoms with Crippen molar-refractivity contribution in [3.63, 3.8) is 0 Å². The molecule has 1 saturated heterocycles. The number of aromatic nitrogens is 3. The Bertz CT molecular complexity index is 831. The molecule has 1 fully saturated rings. The molecule has 0 spiro atoms. The van der Waals surface area contributed by atoms with Crippen molar-refractivity contribution in [2.75, 3.05) is 46.4 Å². The Kier molecular flexibility index (Phi) is 10.7. The summed E-state index contributed by atoms with van der Waals surface area (Å²) < 4.78 is 7.17. The average molecular weight is 541 g/mol. The Morgan fingerprint density at radius 2 is 1.94 bits per heavy atom. The van der Waals surface area contributed by atoms with Crippen molar-refractivity contribution in [1.82, 2.24) is 29.9 Å². The topological polar surface area (TPSA) is 70.8 Å². The van der Waals surface area contributed by atoms with Crippen molar-refractivity contribution in [3.8, 4) is 0 Å². The van der Waals surface area contributed by atoms with Gasteiger partial charge in [-0.05, 0) is 25.8 Å². The monoisotopic (exact) mass is 541 g/mol. The highest BCUT2D eigenvalue weighted by Crippen LogP contribution is 2.11. The minimum absolute atomic E-state index is 0. The average Bonchev–Trinajstić information content (AvgIpc) is 3.06. The molecule has 0 radical (unpaired) electrons. The molecular formula is C22H36IN7O. The Balaban J connectivity index is 0.00000341. The van der Waals surface area contributed by atoms with Crippen LogP contribution in [0.5, 0.6) is 0 Å². The van der Waals surface area contributed by atoms with Crippen molar-refractivity contribution in [1.29, 1.82) is 0 Å². The maximum Gasteiger partial charge on any atom is 0.194 e. The van der Waals surface area contributed by atoms with Crippen LogP contribution in [0.1, 0.15) is 29.2 Å². The Labute approximate surface area is 203 Å². The molecule has 1 aliphatic rings. The lowest BCUT2D eigenvalue weighted by Crippen LogP contribution is -2.52. The van der Waals surface area contributed by atoms with E-state index in [1.54, 1.807) is 7.11 Å². The van der Waals surface area contributed by atoms with Gasteiger partial charge in [0.15, 0.2) is 11.8 Å². The van der Waals surface area contributed by atoms with E-state index in [4.69, 9.17) is 9.73 Å². The highest BCUT2D eigenvalue weighted by atomic mass is 127. The summed E-state index contributed by atoms with van der Waals surface area (Å²) in [5.74, 6) is 2.73. The van der Waals surface area contributed by atoms with Crippen molar-refractivity contribution >= 4 is 29.9 Å². The van der Waals surface area contributed by atoms with Crippen LogP contribution < -0.4 is 5.32 Å². The van der Waals surface area contributed by atoms with Crippen molar-refractivity contribution in [2.45, 2.75) is 33.4 Å². The number of aliphatic imine (C=N–C) groups is 1. The third kappa shape index (κ3) is 7.73. The van der Waals surface area contributed by atoms with Gasteiger partial charge in [0.1, 0.15) is 12.4 Å². The van der Waals surface area contributed by atoms with Crippen LogP contribution in [0.25, 0.3) is 0 Å². The minimum atomic E-state index is 0. The van der Waals surface area contributed by atoms with Crippen LogP contribution in [-0.2, 0) is 24.9 Å². The summed E-state index contributed by atoms with van der Waals surface area (Å²) in [6.45, 7) is 11.2. The molecule has 0 aliphatic carbocycles. The van der Waals surface area contributed by atoms with E-state index >= 15 is 0 Å². The number of benzene rings is 1. The molecule has 0 amide bonds. The third-order valence-corrected chi connectivity index (χ3v) is 5.52. The normalized spacial score (nSPS) is 15.1. The van der Waals surface area contributed by atoms with Crippen LogP contribution in [0.15, 0.2) is 29.3 Å². The van der Waals surface area contributed by atoms with E-state index in [2.05, 4.69) is 56.5 Å². The van der Waals surface area contributed by atoms with Crippen LogP contribution in [0.3, 0.4) is 0 Å². The zero-order valence-corrected chi connectivity index (χ0v) is 21.5. The van der Waals surface area contributed by atoms with Gasteiger partial charge in [-0.15, -0.1) is 34.2 Å². The summed E-state index contributed by atoms with van der Waals surface area (Å²) in [6.07, 6.45) is 0.950. The number of hydrogen-bond acceptors (Lipinski definition) is 5. The molecule has 1 aliphatic heterocycles. The number of halogens is 1. The fraction of sp³-hybridized carbons (Fsp3) is 0.591. The van der Waals surface area contributed by atoms with Crippen LogP contribution in [0, 0.1) is 13.8 Å². The molecule has 172 valence electrons. The highest BCUT2D eigenvalue weighted by Gasteiger charge is 2.20. The predicted octanol–water partition coefficient (Wildman–Crippen LogP) is 2.35. The van der Waals surface area contributed by atoms with E-state index in [-0.39, 0.29) is 24.0 Å². The fourth-order valence-electron chi connectivity index (χ4n) is 3.61. The number of hydrogen-bond donors (Lipinski definition) is 1. The van der Waals surface area contributed by atoms with E-state index in [1.165, 1.54) is 11.1 Å². The van der Waals surface area contributed by atoms with Gasteiger partial charge in [-0.1, -0.05) is 29.8 Å². The van der Waals surface area contributed by atoms with Crippen molar-refractivity contribution in [2.24, 2.45) is 12.0 Å². The van der Waals surface area contributed by atoms with Gasteiger partial charge >= 0.3 is 0 Å². The van der Waals surface area contributed by atoms with Crippen molar-refractivity contribution in [3.05, 3.63) is 47.0 Å². The Hall–Kier alpha value is -1.72. The largest absolute Gasteiger partial charge is 0.385 e. The zero-order chi connectivity index (χ0) is 21.3. The lowest BCUT2D eigenvalue weighted by Gasteiger charge is -2.36. The van der Waals surface area contributed by atoms with E-state index in [9.17, 15) is 0 Å². The molecule has 1 aromatic carbocycles. The van der Waals surface area contributed by atoms with E-state index < -0.39 is 0 Å². The lowest BCUT2D eigenvalue weighted by molar-refractivity contribution is 0.171. The first-order valence-electron chi connectivity index (χ1n) is 10.7. The second kappa shape index (κ2) is 13.0. The third-order valence-electron chi connectivity index (χ3n) is 5.52.